The summed E-state index contributed by atoms with van der Waals surface area (Å²) in [6.07, 6.45) is 9.10. The summed E-state index contributed by atoms with van der Waals surface area (Å²) in [5.74, 6) is 0.474. The van der Waals surface area contributed by atoms with Crippen LogP contribution in [0, 0.1) is 0 Å². The highest BCUT2D eigenvalue weighted by atomic mass is 15.2. The molecule has 1 spiro atoms. The molecule has 0 saturated carbocycles. The molecule has 1 unspecified atom stereocenters. The first-order chi connectivity index (χ1) is 14.8. The second-order valence-electron chi connectivity index (χ2n) is 9.28. The molecule has 1 aliphatic carbocycles. The summed E-state index contributed by atoms with van der Waals surface area (Å²) in [5.41, 5.74) is 6.45. The third-order valence-electron chi connectivity index (χ3n) is 7.58. The molecule has 0 radical (unpaired) electrons. The number of aryl methyl sites for hydroxylation is 1. The van der Waals surface area contributed by atoms with E-state index in [1.165, 1.54) is 69.2 Å². The largest absolute Gasteiger partial charge is 0.297 e. The molecule has 154 valence electrons. The van der Waals surface area contributed by atoms with Crippen LogP contribution in [0.4, 0.5) is 0 Å². The highest BCUT2D eigenvalue weighted by molar-refractivity contribution is 5.34. The molecule has 0 bridgehead atoms. The third-order valence-corrected chi connectivity index (χ3v) is 7.58. The lowest BCUT2D eigenvalue weighted by molar-refractivity contribution is 0.0321. The Morgan fingerprint density at radius 2 is 1.33 bits per heavy atom. The van der Waals surface area contributed by atoms with Gasteiger partial charge in [0.25, 0.3) is 0 Å². The van der Waals surface area contributed by atoms with Gasteiger partial charge in [-0.3, -0.25) is 4.90 Å². The molecule has 1 saturated heterocycles. The van der Waals surface area contributed by atoms with Gasteiger partial charge in [-0.05, 0) is 73.9 Å². The lowest BCUT2D eigenvalue weighted by atomic mass is 9.72. The minimum Gasteiger partial charge on any atom is -0.297 e. The zero-order valence-electron chi connectivity index (χ0n) is 18.0. The fourth-order valence-electron chi connectivity index (χ4n) is 5.95. The second-order valence-corrected chi connectivity index (χ2v) is 9.28. The van der Waals surface area contributed by atoms with Crippen molar-refractivity contribution in [2.45, 2.75) is 56.4 Å². The van der Waals surface area contributed by atoms with Gasteiger partial charge in [-0.2, -0.15) is 0 Å². The Labute approximate surface area is 181 Å². The highest BCUT2D eigenvalue weighted by Crippen LogP contribution is 2.41. The molecule has 1 aliphatic heterocycles. The van der Waals surface area contributed by atoms with Gasteiger partial charge in [0.1, 0.15) is 0 Å². The number of fused-ring (bicyclic) bond motifs is 1. The van der Waals surface area contributed by atoms with E-state index >= 15 is 0 Å². The summed E-state index contributed by atoms with van der Waals surface area (Å²) in [6, 6.07) is 31.4. The first kappa shape index (κ1) is 19.6. The lowest BCUT2D eigenvalue weighted by Gasteiger charge is -2.50. The van der Waals surface area contributed by atoms with Crippen LogP contribution in [-0.4, -0.2) is 23.5 Å². The smallest absolute Gasteiger partial charge is 0.0253 e. The van der Waals surface area contributed by atoms with Crippen molar-refractivity contribution >= 4 is 0 Å². The number of piperidine rings is 1. The van der Waals surface area contributed by atoms with Crippen molar-refractivity contribution < 1.29 is 0 Å². The van der Waals surface area contributed by atoms with Gasteiger partial charge in [0, 0.05) is 11.5 Å². The maximum Gasteiger partial charge on any atom is 0.0253 e. The normalized spacial score (nSPS) is 21.6. The van der Waals surface area contributed by atoms with E-state index in [1.807, 2.05) is 0 Å². The van der Waals surface area contributed by atoms with Gasteiger partial charge in [-0.15, -0.1) is 0 Å². The van der Waals surface area contributed by atoms with Gasteiger partial charge in [0.05, 0.1) is 0 Å². The van der Waals surface area contributed by atoms with Gasteiger partial charge in [-0.1, -0.05) is 91.3 Å². The maximum absolute atomic E-state index is 2.88. The Kier molecular flexibility index (Phi) is 5.73. The van der Waals surface area contributed by atoms with Crippen LogP contribution in [0.2, 0.25) is 0 Å². The summed E-state index contributed by atoms with van der Waals surface area (Å²) in [6.45, 7) is 2.45. The van der Waals surface area contributed by atoms with E-state index in [0.717, 1.165) is 0 Å². The van der Waals surface area contributed by atoms with Crippen LogP contribution in [0.5, 0.6) is 0 Å². The van der Waals surface area contributed by atoms with Gasteiger partial charge in [0.2, 0.25) is 0 Å². The number of nitrogens with zero attached hydrogens (tertiary/aromatic N) is 1. The first-order valence-electron chi connectivity index (χ1n) is 11.8. The van der Waals surface area contributed by atoms with E-state index in [0.29, 0.717) is 11.5 Å². The molecule has 2 aliphatic rings. The molecule has 3 aromatic carbocycles. The SMILES string of the molecule is c1ccc(C(CCN2CCCCC23CCc2ccccc2C3)c2ccccc2)cc1. The van der Waals surface area contributed by atoms with E-state index < -0.39 is 0 Å². The van der Waals surface area contributed by atoms with E-state index in [9.17, 15) is 0 Å². The van der Waals surface area contributed by atoms with Crippen molar-refractivity contribution in [2.24, 2.45) is 0 Å². The topological polar surface area (TPSA) is 3.24 Å². The Balaban J connectivity index is 1.38. The zero-order chi connectivity index (χ0) is 20.2. The Hall–Kier alpha value is -2.38. The standard InChI is InChI=1S/C29H33N/c1-3-12-25(13-4-1)28(26-14-5-2-6-15-26)18-22-30-21-10-9-19-29(30)20-17-24-11-7-8-16-27(24)23-29/h1-8,11-16,28H,9-10,17-23H2. The molecule has 1 nitrogen and oxygen atoms in total. The van der Waals surface area contributed by atoms with Gasteiger partial charge in [-0.25, -0.2) is 0 Å². The average Bonchev–Trinajstić information content (AvgIpc) is 2.82. The van der Waals surface area contributed by atoms with Gasteiger partial charge in [0.15, 0.2) is 0 Å². The molecule has 1 fully saturated rings. The van der Waals surface area contributed by atoms with Crippen molar-refractivity contribution in [1.82, 2.24) is 4.90 Å². The number of hydrogen-bond donors (Lipinski definition) is 0. The quantitative estimate of drug-likeness (QED) is 0.469. The molecular weight excluding hydrogens is 362 g/mol. The van der Waals surface area contributed by atoms with Crippen molar-refractivity contribution in [1.29, 1.82) is 0 Å². The molecule has 1 atom stereocenters. The molecule has 3 aromatic rings. The van der Waals surface area contributed by atoms with Crippen LogP contribution in [0.3, 0.4) is 0 Å². The summed E-state index contributed by atoms with van der Waals surface area (Å²) >= 11 is 0. The summed E-state index contributed by atoms with van der Waals surface area (Å²) < 4.78 is 0. The maximum atomic E-state index is 2.88. The summed E-state index contributed by atoms with van der Waals surface area (Å²) in [4.78, 5) is 2.88. The van der Waals surface area contributed by atoms with Gasteiger partial charge < -0.3 is 0 Å². The molecule has 1 heterocycles. The molecule has 0 N–H and O–H groups in total. The third kappa shape index (κ3) is 3.96. The van der Waals surface area contributed by atoms with E-state index in [1.54, 1.807) is 11.1 Å². The summed E-state index contributed by atoms with van der Waals surface area (Å²) in [5, 5.41) is 0. The second kappa shape index (κ2) is 8.78. The molecule has 0 aromatic heterocycles. The van der Waals surface area contributed by atoms with E-state index in [-0.39, 0.29) is 0 Å². The number of benzene rings is 3. The average molecular weight is 396 g/mol. The first-order valence-corrected chi connectivity index (χ1v) is 11.8. The van der Waals surface area contributed by atoms with Crippen LogP contribution in [0.1, 0.15) is 60.3 Å². The van der Waals surface area contributed by atoms with Crippen molar-refractivity contribution in [3.63, 3.8) is 0 Å². The monoisotopic (exact) mass is 395 g/mol. The number of hydrogen-bond acceptors (Lipinski definition) is 1. The number of likely N-dealkylation sites (tertiary alicyclic amines) is 1. The summed E-state index contributed by atoms with van der Waals surface area (Å²) in [7, 11) is 0. The van der Waals surface area contributed by atoms with Crippen LogP contribution >= 0.6 is 0 Å². The minimum absolute atomic E-state index is 0.379. The predicted molar refractivity (Wildman–Crippen MR) is 126 cm³/mol. The van der Waals surface area contributed by atoms with Crippen LogP contribution < -0.4 is 0 Å². The van der Waals surface area contributed by atoms with Crippen molar-refractivity contribution in [3.8, 4) is 0 Å². The van der Waals surface area contributed by atoms with Crippen molar-refractivity contribution in [2.75, 3.05) is 13.1 Å². The molecule has 1 heteroatoms. The van der Waals surface area contributed by atoms with Crippen LogP contribution in [-0.2, 0) is 12.8 Å². The Morgan fingerprint density at radius 3 is 2.03 bits per heavy atom. The fourth-order valence-corrected chi connectivity index (χ4v) is 5.95. The lowest BCUT2D eigenvalue weighted by Crippen LogP contribution is -2.55. The molecule has 5 rings (SSSR count). The Morgan fingerprint density at radius 1 is 0.700 bits per heavy atom. The van der Waals surface area contributed by atoms with E-state index in [4.69, 9.17) is 0 Å². The number of rotatable bonds is 5. The Bertz CT molecular complexity index is 909. The minimum atomic E-state index is 0.379. The highest BCUT2D eigenvalue weighted by Gasteiger charge is 2.41. The molecular formula is C29H33N. The van der Waals surface area contributed by atoms with Gasteiger partial charge >= 0.3 is 0 Å². The van der Waals surface area contributed by atoms with E-state index in [2.05, 4.69) is 89.8 Å². The fraction of sp³-hybridized carbons (Fsp3) is 0.379. The predicted octanol–water partition coefficient (Wildman–Crippen LogP) is 6.62. The van der Waals surface area contributed by atoms with Crippen molar-refractivity contribution in [3.05, 3.63) is 107 Å². The van der Waals surface area contributed by atoms with Crippen LogP contribution in [0.15, 0.2) is 84.9 Å². The molecule has 0 amide bonds. The molecule has 30 heavy (non-hydrogen) atoms. The zero-order valence-corrected chi connectivity index (χ0v) is 18.0. The van der Waals surface area contributed by atoms with Crippen LogP contribution in [0.25, 0.3) is 0 Å².